The predicted octanol–water partition coefficient (Wildman–Crippen LogP) is 6.11. The lowest BCUT2D eigenvalue weighted by Gasteiger charge is -2.49. The number of anilines is 1. The van der Waals surface area contributed by atoms with Crippen molar-refractivity contribution in [1.82, 2.24) is 9.91 Å². The molecule has 2 saturated heterocycles. The van der Waals surface area contributed by atoms with Crippen molar-refractivity contribution in [3.8, 4) is 17.2 Å². The number of ether oxygens (including phenoxy) is 2. The number of allylic oxidation sites excluding steroid dienone is 3. The number of benzene rings is 3. The fourth-order valence-corrected chi connectivity index (χ4v) is 9.22. The molecule has 0 radical (unpaired) electrons. The summed E-state index contributed by atoms with van der Waals surface area (Å²) < 4.78 is 10.8. The van der Waals surface area contributed by atoms with E-state index in [0.29, 0.717) is 21.9 Å². The van der Waals surface area contributed by atoms with Crippen LogP contribution < -0.4 is 14.9 Å². The van der Waals surface area contributed by atoms with Crippen LogP contribution in [0.2, 0.25) is 10.0 Å². The number of carboxylic acids is 1. The SMILES string of the molecule is COc1ccc(C23C(=O)N(Nc4ccc(Cl)cc4Cl)C(=O)C2CC2C(=CCC4C(=O)N(CCCC(=O)O)C(=O)C42)C3C=Cc2ccc(O)c(OC)c2)cc1. The Morgan fingerprint density at radius 3 is 2.41 bits per heavy atom. The maximum absolute atomic E-state index is 15.3. The number of hydrogen-bond acceptors (Lipinski definition) is 9. The van der Waals surface area contributed by atoms with E-state index in [1.807, 2.05) is 12.2 Å². The Hall–Kier alpha value is -5.33. The molecule has 2 aliphatic heterocycles. The monoisotopic (exact) mass is 773 g/mol. The van der Waals surface area contributed by atoms with Gasteiger partial charge in [0.1, 0.15) is 5.75 Å². The van der Waals surface area contributed by atoms with Gasteiger partial charge in [0.05, 0.1) is 48.1 Å². The van der Waals surface area contributed by atoms with Crippen molar-refractivity contribution in [3.05, 3.63) is 99.6 Å². The van der Waals surface area contributed by atoms with Gasteiger partial charge in [0.15, 0.2) is 11.5 Å². The van der Waals surface area contributed by atoms with Crippen molar-refractivity contribution >= 4 is 64.6 Å². The summed E-state index contributed by atoms with van der Waals surface area (Å²) in [5.41, 5.74) is 3.63. The van der Waals surface area contributed by atoms with Gasteiger partial charge in [-0.3, -0.25) is 34.3 Å². The van der Waals surface area contributed by atoms with E-state index >= 15 is 4.79 Å². The lowest BCUT2D eigenvalue weighted by molar-refractivity contribution is -0.142. The number of amides is 4. The fourth-order valence-electron chi connectivity index (χ4n) is 8.77. The lowest BCUT2D eigenvalue weighted by Crippen LogP contribution is -2.54. The van der Waals surface area contributed by atoms with Crippen LogP contribution in [0.4, 0.5) is 5.69 Å². The van der Waals surface area contributed by atoms with Crippen molar-refractivity contribution < 1.29 is 43.7 Å². The number of fused-ring (bicyclic) bond motifs is 4. The predicted molar refractivity (Wildman–Crippen MR) is 199 cm³/mol. The minimum absolute atomic E-state index is 0.0266. The average molecular weight is 775 g/mol. The van der Waals surface area contributed by atoms with Gasteiger partial charge >= 0.3 is 5.97 Å². The molecule has 2 aliphatic carbocycles. The number of imide groups is 2. The standard InChI is InChI=1S/C40H37Cl2N3O9/c1-53-24-10-7-22(8-11-24)40-28(14-5-21-6-16-32(46)33(18-21)54-2)25-12-13-26-35(38(51)44(36(26)49)17-3-4-34(47)48)27(25)20-29(40)37(50)45(39(40)52)43-31-15-9-23(41)19-30(31)42/h5-12,14-16,18-19,26-29,35,43,46H,3-4,13,17,20H2,1-2H3,(H,47,48). The number of nitrogens with one attached hydrogen (secondary N) is 1. The van der Waals surface area contributed by atoms with Crippen molar-refractivity contribution in [2.45, 2.75) is 31.1 Å². The Morgan fingerprint density at radius 2 is 1.72 bits per heavy atom. The van der Waals surface area contributed by atoms with Crippen molar-refractivity contribution in [2.75, 3.05) is 26.2 Å². The van der Waals surface area contributed by atoms with Gasteiger partial charge in [-0.05, 0) is 78.8 Å². The summed E-state index contributed by atoms with van der Waals surface area (Å²) in [6.45, 7) is -0.0266. The van der Waals surface area contributed by atoms with Crippen LogP contribution in [-0.2, 0) is 29.4 Å². The Bertz CT molecular complexity index is 2120. The Labute approximate surface area is 320 Å². The number of phenols is 1. The summed E-state index contributed by atoms with van der Waals surface area (Å²) in [5, 5.41) is 21.0. The first-order chi connectivity index (χ1) is 25.9. The number of rotatable bonds is 11. The molecule has 3 N–H and O–H groups in total. The molecule has 6 unspecified atom stereocenters. The molecule has 7 rings (SSSR count). The third kappa shape index (κ3) is 6.07. The highest BCUT2D eigenvalue weighted by molar-refractivity contribution is 6.36. The highest BCUT2D eigenvalue weighted by Crippen LogP contribution is 2.61. The zero-order chi connectivity index (χ0) is 38.5. The maximum Gasteiger partial charge on any atom is 0.303 e. The summed E-state index contributed by atoms with van der Waals surface area (Å²) in [6.07, 6.45) is 5.78. The van der Waals surface area contributed by atoms with Gasteiger partial charge < -0.3 is 19.7 Å². The highest BCUT2D eigenvalue weighted by Gasteiger charge is 2.69. The van der Waals surface area contributed by atoms with Crippen LogP contribution in [0.1, 0.15) is 36.8 Å². The third-order valence-electron chi connectivity index (χ3n) is 11.2. The van der Waals surface area contributed by atoms with E-state index in [9.17, 15) is 29.4 Å². The topological polar surface area (TPSA) is 163 Å². The van der Waals surface area contributed by atoms with Crippen LogP contribution in [0.5, 0.6) is 17.2 Å². The molecule has 4 amide bonds. The Morgan fingerprint density at radius 1 is 0.963 bits per heavy atom. The van der Waals surface area contributed by atoms with Gasteiger partial charge in [-0.1, -0.05) is 65.2 Å². The average Bonchev–Trinajstić information content (AvgIpc) is 3.53. The van der Waals surface area contributed by atoms with Crippen LogP contribution >= 0.6 is 23.2 Å². The molecule has 0 spiro atoms. The minimum atomic E-state index is -1.53. The van der Waals surface area contributed by atoms with Crippen molar-refractivity contribution in [2.24, 2.45) is 29.6 Å². The van der Waals surface area contributed by atoms with Crippen molar-refractivity contribution in [3.63, 3.8) is 0 Å². The smallest absolute Gasteiger partial charge is 0.303 e. The Balaban J connectivity index is 1.39. The number of hydrazine groups is 1. The molecule has 14 heteroatoms. The van der Waals surface area contributed by atoms with Crippen LogP contribution in [0, 0.1) is 29.6 Å². The number of methoxy groups -OCH3 is 2. The molecule has 0 bridgehead atoms. The zero-order valence-corrected chi connectivity index (χ0v) is 30.8. The van der Waals surface area contributed by atoms with E-state index in [2.05, 4.69) is 5.43 Å². The maximum atomic E-state index is 15.3. The summed E-state index contributed by atoms with van der Waals surface area (Å²) in [7, 11) is 2.96. The molecule has 1 saturated carbocycles. The molecule has 4 aliphatic rings. The van der Waals surface area contributed by atoms with E-state index in [0.717, 1.165) is 15.5 Å². The van der Waals surface area contributed by atoms with Crippen LogP contribution in [0.25, 0.3) is 6.08 Å². The fraction of sp³-hybridized carbons (Fsp3) is 0.325. The molecule has 0 aromatic heterocycles. The number of halogens is 2. The van der Waals surface area contributed by atoms with Gasteiger partial charge in [0, 0.05) is 23.9 Å². The summed E-state index contributed by atoms with van der Waals surface area (Å²) in [5.74, 6) is -6.07. The number of nitrogens with zero attached hydrogens (tertiary/aromatic N) is 2. The highest BCUT2D eigenvalue weighted by atomic mass is 35.5. The van der Waals surface area contributed by atoms with E-state index in [1.54, 1.807) is 54.6 Å². The number of carbonyl (C=O) groups excluding carboxylic acids is 4. The number of aliphatic carboxylic acids is 1. The second-order valence-electron chi connectivity index (χ2n) is 13.9. The van der Waals surface area contributed by atoms with Crippen LogP contribution in [-0.4, -0.2) is 70.5 Å². The van der Waals surface area contributed by atoms with Crippen LogP contribution in [0.15, 0.2) is 78.4 Å². The quantitative estimate of drug-likeness (QED) is 0.153. The van der Waals surface area contributed by atoms with E-state index in [1.165, 1.54) is 26.4 Å². The van der Waals surface area contributed by atoms with E-state index in [-0.39, 0.29) is 60.3 Å². The molecule has 3 aromatic rings. The molecular weight excluding hydrogens is 737 g/mol. The largest absolute Gasteiger partial charge is 0.504 e. The van der Waals surface area contributed by atoms with Gasteiger partial charge in [-0.2, -0.15) is 5.01 Å². The van der Waals surface area contributed by atoms with E-state index in [4.69, 9.17) is 32.7 Å². The molecule has 54 heavy (non-hydrogen) atoms. The first kappa shape index (κ1) is 37.0. The molecular formula is C40H37Cl2N3O9. The normalized spacial score (nSPS) is 26.1. The summed E-state index contributed by atoms with van der Waals surface area (Å²) in [4.78, 5) is 70.3. The second-order valence-corrected chi connectivity index (χ2v) is 14.7. The first-order valence-corrected chi connectivity index (χ1v) is 18.2. The number of carboxylic acid groups (broad SMARTS) is 1. The molecule has 280 valence electrons. The zero-order valence-electron chi connectivity index (χ0n) is 29.3. The van der Waals surface area contributed by atoms with Crippen molar-refractivity contribution in [1.29, 1.82) is 0 Å². The van der Waals surface area contributed by atoms with Gasteiger partial charge in [0.2, 0.25) is 11.8 Å². The summed E-state index contributed by atoms with van der Waals surface area (Å²) in [6, 6.07) is 16.4. The van der Waals surface area contributed by atoms with E-state index < -0.39 is 58.7 Å². The van der Waals surface area contributed by atoms with Gasteiger partial charge in [0.25, 0.3) is 11.8 Å². The molecule has 12 nitrogen and oxygen atoms in total. The number of hydrogen-bond donors (Lipinski definition) is 3. The van der Waals surface area contributed by atoms with Gasteiger partial charge in [-0.25, -0.2) is 0 Å². The molecule has 3 aromatic carbocycles. The summed E-state index contributed by atoms with van der Waals surface area (Å²) >= 11 is 12.7. The van der Waals surface area contributed by atoms with Crippen LogP contribution in [0.3, 0.4) is 0 Å². The molecule has 3 fully saturated rings. The first-order valence-electron chi connectivity index (χ1n) is 17.5. The van der Waals surface area contributed by atoms with Gasteiger partial charge in [-0.15, -0.1) is 0 Å². The minimum Gasteiger partial charge on any atom is -0.504 e. The second kappa shape index (κ2) is 14.5. The number of phenolic OH excluding ortho intramolecular Hbond substituents is 1. The Kier molecular flexibility index (Phi) is 9.92. The number of aromatic hydroxyl groups is 1. The number of likely N-dealkylation sites (tertiary alicyclic amines) is 1. The molecule has 6 atom stereocenters. The number of carbonyl (C=O) groups is 5. The molecule has 2 heterocycles. The lowest BCUT2D eigenvalue weighted by atomic mass is 9.50. The third-order valence-corrected chi connectivity index (χ3v) is 11.7.